The van der Waals surface area contributed by atoms with Crippen LogP contribution in [0, 0.1) is 0 Å². The number of benzene rings is 2. The van der Waals surface area contributed by atoms with Crippen LogP contribution in [0.3, 0.4) is 0 Å². The minimum Gasteiger partial charge on any atom is -0.493 e. The molecule has 0 saturated heterocycles. The second-order valence-corrected chi connectivity index (χ2v) is 7.93. The molecule has 0 spiro atoms. The molecular weight excluding hydrogens is 382 g/mol. The van der Waals surface area contributed by atoms with Crippen molar-refractivity contribution in [2.45, 2.75) is 38.3 Å². The summed E-state index contributed by atoms with van der Waals surface area (Å²) in [4.78, 5) is 15.7. The lowest BCUT2D eigenvalue weighted by Crippen LogP contribution is -2.39. The molecule has 0 N–H and O–H groups in total. The van der Waals surface area contributed by atoms with Crippen LogP contribution in [0.15, 0.2) is 45.8 Å². The Bertz CT molecular complexity index is 1150. The molecule has 1 aliphatic carbocycles. The Morgan fingerprint density at radius 3 is 2.60 bits per heavy atom. The average Bonchev–Trinajstić information content (AvgIpc) is 3.33. The summed E-state index contributed by atoms with van der Waals surface area (Å²) in [5, 5.41) is 0.568. The summed E-state index contributed by atoms with van der Waals surface area (Å²) in [6.45, 7) is 1.34. The first kappa shape index (κ1) is 19.0. The Kier molecular flexibility index (Phi) is 4.87. The second kappa shape index (κ2) is 7.69. The first-order chi connectivity index (χ1) is 14.7. The van der Waals surface area contributed by atoms with Gasteiger partial charge in [0.2, 0.25) is 5.43 Å². The van der Waals surface area contributed by atoms with Gasteiger partial charge in [-0.1, -0.05) is 18.9 Å². The van der Waals surface area contributed by atoms with Crippen LogP contribution < -0.4 is 19.6 Å². The molecule has 2 aromatic carbocycles. The zero-order chi connectivity index (χ0) is 20.7. The topological polar surface area (TPSA) is 61.1 Å². The molecule has 2 heterocycles. The molecule has 1 saturated carbocycles. The molecule has 1 aliphatic heterocycles. The van der Waals surface area contributed by atoms with E-state index in [1.165, 1.54) is 25.7 Å². The zero-order valence-electron chi connectivity index (χ0n) is 17.3. The Labute approximate surface area is 175 Å². The van der Waals surface area contributed by atoms with Crippen molar-refractivity contribution < 1.29 is 18.6 Å². The minimum absolute atomic E-state index is 0.0655. The van der Waals surface area contributed by atoms with Gasteiger partial charge in [-0.2, -0.15) is 0 Å². The molecule has 5 rings (SSSR count). The Morgan fingerprint density at radius 2 is 1.83 bits per heavy atom. The SMILES string of the molecule is COc1ccc(-c2coc3c4c(ccc3c2=O)OCN(C2CCCC2)C4)cc1OC. The van der Waals surface area contributed by atoms with Gasteiger partial charge in [0.15, 0.2) is 11.5 Å². The van der Waals surface area contributed by atoms with Crippen LogP contribution in [0.5, 0.6) is 17.2 Å². The van der Waals surface area contributed by atoms with Gasteiger partial charge in [0, 0.05) is 12.6 Å². The van der Waals surface area contributed by atoms with Crippen molar-refractivity contribution in [3.63, 3.8) is 0 Å². The molecule has 156 valence electrons. The van der Waals surface area contributed by atoms with Crippen LogP contribution in [-0.2, 0) is 6.54 Å². The van der Waals surface area contributed by atoms with E-state index in [0.29, 0.717) is 40.8 Å². The van der Waals surface area contributed by atoms with Crippen molar-refractivity contribution in [3.05, 3.63) is 52.4 Å². The normalized spacial score (nSPS) is 17.0. The number of fused-ring (bicyclic) bond motifs is 3. The lowest BCUT2D eigenvalue weighted by Gasteiger charge is -2.33. The van der Waals surface area contributed by atoms with E-state index in [1.54, 1.807) is 38.7 Å². The maximum atomic E-state index is 13.3. The molecule has 0 radical (unpaired) electrons. The number of hydrogen-bond donors (Lipinski definition) is 0. The third-order valence-electron chi connectivity index (χ3n) is 6.28. The van der Waals surface area contributed by atoms with Gasteiger partial charge in [-0.15, -0.1) is 0 Å². The first-order valence-corrected chi connectivity index (χ1v) is 10.4. The van der Waals surface area contributed by atoms with Gasteiger partial charge in [-0.05, 0) is 42.7 Å². The van der Waals surface area contributed by atoms with Gasteiger partial charge in [0.1, 0.15) is 24.3 Å². The van der Waals surface area contributed by atoms with Crippen molar-refractivity contribution in [2.24, 2.45) is 0 Å². The highest BCUT2D eigenvalue weighted by atomic mass is 16.5. The number of nitrogens with zero attached hydrogens (tertiary/aromatic N) is 1. The monoisotopic (exact) mass is 407 g/mol. The minimum atomic E-state index is -0.0655. The molecule has 0 atom stereocenters. The Balaban J connectivity index is 1.57. The highest BCUT2D eigenvalue weighted by Crippen LogP contribution is 2.36. The van der Waals surface area contributed by atoms with Gasteiger partial charge < -0.3 is 18.6 Å². The van der Waals surface area contributed by atoms with Crippen LogP contribution in [0.2, 0.25) is 0 Å². The van der Waals surface area contributed by atoms with E-state index in [9.17, 15) is 4.79 Å². The number of hydrogen-bond acceptors (Lipinski definition) is 6. The molecule has 1 fully saturated rings. The van der Waals surface area contributed by atoms with E-state index in [2.05, 4.69) is 4.90 Å². The Morgan fingerprint density at radius 1 is 1.03 bits per heavy atom. The molecule has 2 aliphatic rings. The summed E-state index contributed by atoms with van der Waals surface area (Å²) >= 11 is 0. The summed E-state index contributed by atoms with van der Waals surface area (Å²) in [6, 6.07) is 9.65. The van der Waals surface area contributed by atoms with Gasteiger partial charge in [0.05, 0.1) is 30.7 Å². The molecule has 3 aromatic rings. The number of ether oxygens (including phenoxy) is 3. The maximum absolute atomic E-state index is 13.3. The van der Waals surface area contributed by atoms with Crippen LogP contribution in [-0.4, -0.2) is 31.9 Å². The standard InChI is InChI=1S/C24H25NO5/c1-27-21-9-7-15(11-22(21)28-2)19-13-29-24-17(23(19)26)8-10-20-18(24)12-25(14-30-20)16-5-3-4-6-16/h7-11,13,16H,3-6,12,14H2,1-2H3. The highest BCUT2D eigenvalue weighted by molar-refractivity contribution is 5.86. The fourth-order valence-corrected chi connectivity index (χ4v) is 4.63. The first-order valence-electron chi connectivity index (χ1n) is 10.4. The predicted octanol–water partition coefficient (Wildman–Crippen LogP) is 4.57. The largest absolute Gasteiger partial charge is 0.493 e. The lowest BCUT2D eigenvalue weighted by atomic mass is 10.0. The molecular formula is C24H25NO5. The summed E-state index contributed by atoms with van der Waals surface area (Å²) in [5.41, 5.74) is 2.73. The molecule has 30 heavy (non-hydrogen) atoms. The maximum Gasteiger partial charge on any atom is 0.200 e. The average molecular weight is 407 g/mol. The molecule has 6 heteroatoms. The molecule has 1 aromatic heterocycles. The number of rotatable bonds is 4. The second-order valence-electron chi connectivity index (χ2n) is 7.93. The highest BCUT2D eigenvalue weighted by Gasteiger charge is 2.29. The van der Waals surface area contributed by atoms with Crippen molar-refractivity contribution in [2.75, 3.05) is 21.0 Å². The van der Waals surface area contributed by atoms with Crippen molar-refractivity contribution in [3.8, 4) is 28.4 Å². The summed E-state index contributed by atoms with van der Waals surface area (Å²) < 4.78 is 22.7. The summed E-state index contributed by atoms with van der Waals surface area (Å²) in [7, 11) is 3.16. The van der Waals surface area contributed by atoms with Crippen LogP contribution >= 0.6 is 0 Å². The van der Waals surface area contributed by atoms with Crippen molar-refractivity contribution in [1.29, 1.82) is 0 Å². The molecule has 0 amide bonds. The smallest absolute Gasteiger partial charge is 0.200 e. The predicted molar refractivity (Wildman–Crippen MR) is 114 cm³/mol. The van der Waals surface area contributed by atoms with E-state index < -0.39 is 0 Å². The molecule has 6 nitrogen and oxygen atoms in total. The van der Waals surface area contributed by atoms with Crippen LogP contribution in [0.25, 0.3) is 22.1 Å². The quantitative estimate of drug-likeness (QED) is 0.631. The van der Waals surface area contributed by atoms with Gasteiger partial charge in [-0.25, -0.2) is 0 Å². The Hall–Kier alpha value is -2.99. The van der Waals surface area contributed by atoms with Gasteiger partial charge >= 0.3 is 0 Å². The van der Waals surface area contributed by atoms with E-state index in [0.717, 1.165) is 23.4 Å². The fourth-order valence-electron chi connectivity index (χ4n) is 4.63. The van der Waals surface area contributed by atoms with Crippen LogP contribution in [0.1, 0.15) is 31.2 Å². The van der Waals surface area contributed by atoms with Crippen LogP contribution in [0.4, 0.5) is 0 Å². The number of methoxy groups -OCH3 is 2. The van der Waals surface area contributed by atoms with Gasteiger partial charge in [0.25, 0.3) is 0 Å². The zero-order valence-corrected chi connectivity index (χ0v) is 17.3. The molecule has 0 bridgehead atoms. The molecule has 0 unspecified atom stereocenters. The van der Waals surface area contributed by atoms with Crippen molar-refractivity contribution in [1.82, 2.24) is 4.90 Å². The third kappa shape index (κ3) is 3.12. The summed E-state index contributed by atoms with van der Waals surface area (Å²) in [6.07, 6.45) is 6.50. The summed E-state index contributed by atoms with van der Waals surface area (Å²) in [5.74, 6) is 1.99. The van der Waals surface area contributed by atoms with E-state index in [1.807, 2.05) is 12.1 Å². The van der Waals surface area contributed by atoms with E-state index in [4.69, 9.17) is 18.6 Å². The fraction of sp³-hybridized carbons (Fsp3) is 0.375. The third-order valence-corrected chi connectivity index (χ3v) is 6.28. The van der Waals surface area contributed by atoms with E-state index >= 15 is 0 Å². The van der Waals surface area contributed by atoms with E-state index in [-0.39, 0.29) is 5.43 Å². The lowest BCUT2D eigenvalue weighted by molar-refractivity contribution is 0.0581. The van der Waals surface area contributed by atoms with Gasteiger partial charge in [-0.3, -0.25) is 9.69 Å². The van der Waals surface area contributed by atoms with Crippen molar-refractivity contribution >= 4 is 11.0 Å².